The molecule has 0 fully saturated rings. The first-order chi connectivity index (χ1) is 13.4. The van der Waals surface area contributed by atoms with E-state index in [2.05, 4.69) is 15.4 Å². The van der Waals surface area contributed by atoms with Crippen LogP contribution in [0.2, 0.25) is 0 Å². The van der Waals surface area contributed by atoms with Gasteiger partial charge in [0.2, 0.25) is 5.95 Å². The minimum absolute atomic E-state index is 0.158. The number of anilines is 2. The molecule has 0 saturated carbocycles. The minimum atomic E-state index is -0.358. The second-order valence-corrected chi connectivity index (χ2v) is 7.04. The van der Waals surface area contributed by atoms with Crippen LogP contribution in [-0.2, 0) is 0 Å². The van der Waals surface area contributed by atoms with E-state index >= 15 is 0 Å². The standard InChI is InChI=1S/C21H21FN6/c1-12(2)24-21-25-18(14-7-4-6-13(3)10-14)17-19(23)28(27-20(17)26-21)16-9-5-8-15(22)11-16/h4-12H,23H2,1-3H3,(H,24,26,27). The Bertz CT molecular complexity index is 1160. The summed E-state index contributed by atoms with van der Waals surface area (Å²) in [4.78, 5) is 9.23. The Morgan fingerprint density at radius 1 is 1.07 bits per heavy atom. The van der Waals surface area contributed by atoms with Crippen molar-refractivity contribution < 1.29 is 4.39 Å². The lowest BCUT2D eigenvalue weighted by atomic mass is 10.1. The van der Waals surface area contributed by atoms with Crippen LogP contribution in [0.5, 0.6) is 0 Å². The molecule has 0 amide bonds. The lowest BCUT2D eigenvalue weighted by molar-refractivity contribution is 0.625. The van der Waals surface area contributed by atoms with Gasteiger partial charge in [0.15, 0.2) is 5.65 Å². The fourth-order valence-corrected chi connectivity index (χ4v) is 3.14. The van der Waals surface area contributed by atoms with E-state index in [0.29, 0.717) is 34.2 Å². The number of nitrogens with one attached hydrogen (secondary N) is 1. The fraction of sp³-hybridized carbons (Fsp3) is 0.190. The van der Waals surface area contributed by atoms with Crippen molar-refractivity contribution in [2.45, 2.75) is 26.8 Å². The van der Waals surface area contributed by atoms with Gasteiger partial charge in [0.25, 0.3) is 0 Å². The number of hydrogen-bond donors (Lipinski definition) is 2. The molecule has 2 aromatic heterocycles. The van der Waals surface area contributed by atoms with Crippen LogP contribution in [-0.4, -0.2) is 25.8 Å². The van der Waals surface area contributed by atoms with E-state index in [9.17, 15) is 4.39 Å². The van der Waals surface area contributed by atoms with Crippen molar-refractivity contribution in [1.29, 1.82) is 0 Å². The predicted molar refractivity (Wildman–Crippen MR) is 110 cm³/mol. The summed E-state index contributed by atoms with van der Waals surface area (Å²) < 4.78 is 15.2. The van der Waals surface area contributed by atoms with Crippen LogP contribution in [0.1, 0.15) is 19.4 Å². The van der Waals surface area contributed by atoms with Crippen molar-refractivity contribution in [1.82, 2.24) is 19.7 Å². The molecule has 0 aliphatic carbocycles. The average Bonchev–Trinajstić information content (AvgIpc) is 2.97. The minimum Gasteiger partial charge on any atom is -0.383 e. The first kappa shape index (κ1) is 17.9. The van der Waals surface area contributed by atoms with E-state index < -0.39 is 0 Å². The van der Waals surface area contributed by atoms with Crippen LogP contribution in [0.25, 0.3) is 28.0 Å². The molecule has 2 aromatic carbocycles. The largest absolute Gasteiger partial charge is 0.383 e. The quantitative estimate of drug-likeness (QED) is 0.554. The smallest absolute Gasteiger partial charge is 0.225 e. The van der Waals surface area contributed by atoms with Gasteiger partial charge in [0.05, 0.1) is 16.8 Å². The number of nitrogen functional groups attached to an aromatic ring is 1. The van der Waals surface area contributed by atoms with E-state index in [0.717, 1.165) is 11.1 Å². The normalized spacial score (nSPS) is 11.3. The molecule has 3 N–H and O–H groups in total. The van der Waals surface area contributed by atoms with Crippen LogP contribution >= 0.6 is 0 Å². The third-order valence-electron chi connectivity index (χ3n) is 4.33. The van der Waals surface area contributed by atoms with Crippen LogP contribution in [0, 0.1) is 12.7 Å². The molecule has 0 unspecified atom stereocenters. The summed E-state index contributed by atoms with van der Waals surface area (Å²) in [6.45, 7) is 6.05. The summed E-state index contributed by atoms with van der Waals surface area (Å²) in [5.41, 5.74) is 10.1. The molecule has 0 aliphatic rings. The third kappa shape index (κ3) is 3.26. The summed E-state index contributed by atoms with van der Waals surface area (Å²) in [6, 6.07) is 14.3. The van der Waals surface area contributed by atoms with E-state index in [1.807, 2.05) is 45.0 Å². The second kappa shape index (κ2) is 6.92. The molecule has 7 heteroatoms. The molecule has 4 aromatic rings. The molecule has 2 heterocycles. The summed E-state index contributed by atoms with van der Waals surface area (Å²) in [5.74, 6) is 0.486. The summed E-state index contributed by atoms with van der Waals surface area (Å²) in [5, 5.41) is 8.40. The number of nitrogens with two attached hydrogens (primary N) is 1. The Morgan fingerprint density at radius 2 is 1.86 bits per heavy atom. The zero-order valence-corrected chi connectivity index (χ0v) is 15.9. The fourth-order valence-electron chi connectivity index (χ4n) is 3.14. The molecule has 6 nitrogen and oxygen atoms in total. The first-order valence-electron chi connectivity index (χ1n) is 9.08. The topological polar surface area (TPSA) is 81.7 Å². The highest BCUT2D eigenvalue weighted by atomic mass is 19.1. The number of hydrogen-bond acceptors (Lipinski definition) is 5. The molecule has 0 bridgehead atoms. The Hall–Kier alpha value is -3.48. The number of nitrogens with zero attached hydrogens (tertiary/aromatic N) is 4. The SMILES string of the molecule is Cc1cccc(-c2nc(NC(C)C)nc3nn(-c4cccc(F)c4)c(N)c23)c1. The maximum atomic E-state index is 13.7. The van der Waals surface area contributed by atoms with Gasteiger partial charge in [-0.25, -0.2) is 14.1 Å². The van der Waals surface area contributed by atoms with Gasteiger partial charge in [0.1, 0.15) is 11.6 Å². The summed E-state index contributed by atoms with van der Waals surface area (Å²) in [6.07, 6.45) is 0. The lowest BCUT2D eigenvalue weighted by Crippen LogP contribution is -2.13. The van der Waals surface area contributed by atoms with Gasteiger partial charge >= 0.3 is 0 Å². The maximum Gasteiger partial charge on any atom is 0.225 e. The van der Waals surface area contributed by atoms with Crippen molar-refractivity contribution in [3.8, 4) is 16.9 Å². The zero-order valence-electron chi connectivity index (χ0n) is 15.9. The van der Waals surface area contributed by atoms with Crippen molar-refractivity contribution in [3.05, 3.63) is 59.9 Å². The first-order valence-corrected chi connectivity index (χ1v) is 9.08. The van der Waals surface area contributed by atoms with Crippen LogP contribution in [0.3, 0.4) is 0 Å². The molecule has 0 atom stereocenters. The zero-order chi connectivity index (χ0) is 19.8. The third-order valence-corrected chi connectivity index (χ3v) is 4.33. The molecular formula is C21H21FN6. The molecule has 4 rings (SSSR count). The van der Waals surface area contributed by atoms with Gasteiger partial charge < -0.3 is 11.1 Å². The van der Waals surface area contributed by atoms with Crippen LogP contribution in [0.4, 0.5) is 16.2 Å². The van der Waals surface area contributed by atoms with Crippen molar-refractivity contribution in [2.24, 2.45) is 0 Å². The number of fused-ring (bicyclic) bond motifs is 1. The average molecular weight is 376 g/mol. The Balaban J connectivity index is 2.00. The molecule has 0 aliphatic heterocycles. The Labute approximate surface area is 162 Å². The lowest BCUT2D eigenvalue weighted by Gasteiger charge is -2.11. The number of halogens is 1. The second-order valence-electron chi connectivity index (χ2n) is 7.04. The highest BCUT2D eigenvalue weighted by Crippen LogP contribution is 2.33. The molecule has 142 valence electrons. The van der Waals surface area contributed by atoms with Crippen LogP contribution in [0.15, 0.2) is 48.5 Å². The van der Waals surface area contributed by atoms with Crippen LogP contribution < -0.4 is 11.1 Å². The van der Waals surface area contributed by atoms with E-state index in [4.69, 9.17) is 10.7 Å². The highest BCUT2D eigenvalue weighted by Gasteiger charge is 2.19. The molecule has 28 heavy (non-hydrogen) atoms. The summed E-state index contributed by atoms with van der Waals surface area (Å²) in [7, 11) is 0. The molecular weight excluding hydrogens is 355 g/mol. The maximum absolute atomic E-state index is 13.7. The number of aryl methyl sites for hydroxylation is 1. The van der Waals surface area contributed by atoms with Gasteiger partial charge in [-0.2, -0.15) is 4.98 Å². The number of benzene rings is 2. The Morgan fingerprint density at radius 3 is 2.57 bits per heavy atom. The highest BCUT2D eigenvalue weighted by molar-refractivity contribution is 5.99. The monoisotopic (exact) mass is 376 g/mol. The van der Waals surface area contributed by atoms with Gasteiger partial charge in [-0.1, -0.05) is 29.8 Å². The number of rotatable bonds is 4. The van der Waals surface area contributed by atoms with Gasteiger partial charge in [-0.05, 0) is 45.0 Å². The molecule has 0 spiro atoms. The van der Waals surface area contributed by atoms with Crippen molar-refractivity contribution in [2.75, 3.05) is 11.1 Å². The van der Waals surface area contributed by atoms with E-state index in [1.54, 1.807) is 12.1 Å². The van der Waals surface area contributed by atoms with Crippen molar-refractivity contribution >= 4 is 22.8 Å². The van der Waals surface area contributed by atoms with E-state index in [-0.39, 0.29) is 11.9 Å². The van der Waals surface area contributed by atoms with Gasteiger partial charge in [-0.3, -0.25) is 0 Å². The molecule has 0 radical (unpaired) electrons. The van der Waals surface area contributed by atoms with Crippen molar-refractivity contribution in [3.63, 3.8) is 0 Å². The summed E-state index contributed by atoms with van der Waals surface area (Å²) >= 11 is 0. The number of aromatic nitrogens is 4. The van der Waals surface area contributed by atoms with E-state index in [1.165, 1.54) is 16.8 Å². The Kier molecular flexibility index (Phi) is 4.43. The van der Waals surface area contributed by atoms with Gasteiger partial charge in [-0.15, -0.1) is 5.10 Å². The van der Waals surface area contributed by atoms with Gasteiger partial charge in [0, 0.05) is 11.6 Å². The molecule has 0 saturated heterocycles. The predicted octanol–water partition coefficient (Wildman–Crippen LogP) is 4.33.